The van der Waals surface area contributed by atoms with Crippen LogP contribution in [0.2, 0.25) is 0 Å². The van der Waals surface area contributed by atoms with E-state index < -0.39 is 0 Å². The molecule has 0 bridgehead atoms. The predicted molar refractivity (Wildman–Crippen MR) is 43.9 cm³/mol. The Bertz CT molecular complexity index is 145. The van der Waals surface area contributed by atoms with E-state index in [9.17, 15) is 4.79 Å². The topological polar surface area (TPSA) is 17.1 Å². The van der Waals surface area contributed by atoms with Crippen molar-refractivity contribution < 1.29 is 4.79 Å². The largest absolute Gasteiger partial charge is 0.300 e. The minimum Gasteiger partial charge on any atom is -0.300 e. The zero-order chi connectivity index (χ0) is 7.98. The van der Waals surface area contributed by atoms with Gasteiger partial charge in [-0.2, -0.15) is 0 Å². The van der Waals surface area contributed by atoms with Crippen LogP contribution in [0.15, 0.2) is 24.8 Å². The Morgan fingerprint density at radius 3 is 2.50 bits per heavy atom. The molecule has 0 spiro atoms. The maximum Gasteiger partial charge on any atom is 0.129 e. The number of allylic oxidation sites excluding steroid dienone is 2. The number of hydrogen-bond donors (Lipinski definition) is 0. The van der Waals surface area contributed by atoms with E-state index in [2.05, 4.69) is 13.2 Å². The zero-order valence-corrected chi connectivity index (χ0v) is 6.52. The van der Waals surface area contributed by atoms with Gasteiger partial charge in [0.2, 0.25) is 0 Å². The van der Waals surface area contributed by atoms with E-state index >= 15 is 0 Å². The van der Waals surface area contributed by atoms with Gasteiger partial charge >= 0.3 is 0 Å². The average molecular weight is 138 g/mol. The Morgan fingerprint density at radius 2 is 2.10 bits per heavy atom. The van der Waals surface area contributed by atoms with Crippen LogP contribution in [0.25, 0.3) is 0 Å². The van der Waals surface area contributed by atoms with E-state index in [1.165, 1.54) is 0 Å². The van der Waals surface area contributed by atoms with Crippen molar-refractivity contribution in [3.8, 4) is 0 Å². The molecule has 0 aliphatic rings. The van der Waals surface area contributed by atoms with Crippen molar-refractivity contribution in [2.24, 2.45) is 0 Å². The van der Waals surface area contributed by atoms with E-state index in [0.29, 0.717) is 6.42 Å². The molecule has 0 saturated carbocycles. The Morgan fingerprint density at radius 1 is 1.50 bits per heavy atom. The third-order valence-corrected chi connectivity index (χ3v) is 1.32. The molecule has 1 heteroatoms. The minimum absolute atomic E-state index is 0.247. The molecule has 56 valence electrons. The molecule has 0 N–H and O–H groups in total. The van der Waals surface area contributed by atoms with Gasteiger partial charge in [-0.3, -0.25) is 0 Å². The summed E-state index contributed by atoms with van der Waals surface area (Å²) in [4.78, 5) is 10.5. The van der Waals surface area contributed by atoms with Crippen LogP contribution in [0.3, 0.4) is 0 Å². The van der Waals surface area contributed by atoms with Gasteiger partial charge in [0, 0.05) is 6.42 Å². The quantitative estimate of drug-likeness (QED) is 0.533. The molecular weight excluding hydrogens is 124 g/mol. The first-order chi connectivity index (χ1) is 4.66. The van der Waals surface area contributed by atoms with Gasteiger partial charge in [-0.25, -0.2) is 0 Å². The van der Waals surface area contributed by atoms with Crippen molar-refractivity contribution in [3.63, 3.8) is 0 Å². The molecule has 0 atom stereocenters. The van der Waals surface area contributed by atoms with Gasteiger partial charge in [-0.15, -0.1) is 0 Å². The van der Waals surface area contributed by atoms with Crippen LogP contribution < -0.4 is 0 Å². The molecule has 0 aromatic carbocycles. The molecule has 0 aromatic heterocycles. The second kappa shape index (κ2) is 4.98. The fourth-order valence-electron chi connectivity index (χ4n) is 0.666. The first-order valence-electron chi connectivity index (χ1n) is 3.46. The lowest BCUT2D eigenvalue weighted by Crippen LogP contribution is -1.89. The smallest absolute Gasteiger partial charge is 0.129 e. The summed E-state index contributed by atoms with van der Waals surface area (Å²) >= 11 is 0. The summed E-state index contributed by atoms with van der Waals surface area (Å²) in [7, 11) is 0. The Labute approximate surface area is 62.4 Å². The first-order valence-corrected chi connectivity index (χ1v) is 3.46. The van der Waals surface area contributed by atoms with Gasteiger partial charge in [0.1, 0.15) is 5.78 Å². The summed E-state index contributed by atoms with van der Waals surface area (Å²) in [6, 6.07) is 0. The molecule has 0 fully saturated rings. The second-order valence-corrected chi connectivity index (χ2v) is 2.42. The highest BCUT2D eigenvalue weighted by Crippen LogP contribution is 2.05. The fourth-order valence-corrected chi connectivity index (χ4v) is 0.666. The SMILES string of the molecule is C=CC(=C)CCCC(C)=O. The number of carbonyl (C=O) groups excluding carboxylic acids is 1. The van der Waals surface area contributed by atoms with E-state index in [-0.39, 0.29) is 5.78 Å². The molecule has 0 saturated heterocycles. The molecule has 0 unspecified atom stereocenters. The van der Waals surface area contributed by atoms with Crippen LogP contribution >= 0.6 is 0 Å². The number of Topliss-reactive ketones (excluding diaryl/α,β-unsaturated/α-hetero) is 1. The van der Waals surface area contributed by atoms with Crippen LogP contribution in [0.5, 0.6) is 0 Å². The normalized spacial score (nSPS) is 8.90. The predicted octanol–water partition coefficient (Wildman–Crippen LogP) is 2.49. The molecular formula is C9H14O. The van der Waals surface area contributed by atoms with E-state index in [4.69, 9.17) is 0 Å². The summed E-state index contributed by atoms with van der Waals surface area (Å²) in [5.41, 5.74) is 1.02. The van der Waals surface area contributed by atoms with Gasteiger partial charge in [0.25, 0.3) is 0 Å². The molecule has 0 radical (unpaired) electrons. The minimum atomic E-state index is 0.247. The number of ketones is 1. The number of hydrogen-bond acceptors (Lipinski definition) is 1. The van der Waals surface area contributed by atoms with Gasteiger partial charge in [-0.05, 0) is 19.8 Å². The van der Waals surface area contributed by atoms with Crippen molar-refractivity contribution in [2.45, 2.75) is 26.2 Å². The van der Waals surface area contributed by atoms with Crippen molar-refractivity contribution in [3.05, 3.63) is 24.8 Å². The summed E-state index contributed by atoms with van der Waals surface area (Å²) in [6.45, 7) is 8.92. The summed E-state index contributed by atoms with van der Waals surface area (Å²) in [5.74, 6) is 0.247. The third kappa shape index (κ3) is 5.29. The van der Waals surface area contributed by atoms with E-state index in [0.717, 1.165) is 18.4 Å². The highest BCUT2D eigenvalue weighted by Gasteiger charge is 1.93. The lowest BCUT2D eigenvalue weighted by atomic mass is 10.1. The molecule has 0 aliphatic carbocycles. The average Bonchev–Trinajstić information content (AvgIpc) is 1.87. The zero-order valence-electron chi connectivity index (χ0n) is 6.52. The van der Waals surface area contributed by atoms with Crippen LogP contribution in [-0.2, 0) is 4.79 Å². The number of carbonyl (C=O) groups is 1. The highest BCUT2D eigenvalue weighted by molar-refractivity contribution is 5.75. The summed E-state index contributed by atoms with van der Waals surface area (Å²) in [6.07, 6.45) is 4.19. The monoisotopic (exact) mass is 138 g/mol. The standard InChI is InChI=1S/C9H14O/c1-4-8(2)6-5-7-9(3)10/h4H,1-2,5-7H2,3H3. The summed E-state index contributed by atoms with van der Waals surface area (Å²) in [5, 5.41) is 0. The lowest BCUT2D eigenvalue weighted by Gasteiger charge is -1.95. The van der Waals surface area contributed by atoms with Crippen molar-refractivity contribution in [1.29, 1.82) is 0 Å². The van der Waals surface area contributed by atoms with Crippen molar-refractivity contribution in [1.82, 2.24) is 0 Å². The maximum atomic E-state index is 10.5. The van der Waals surface area contributed by atoms with Gasteiger partial charge in [0.15, 0.2) is 0 Å². The molecule has 0 heterocycles. The molecule has 0 amide bonds. The van der Waals surface area contributed by atoms with Crippen molar-refractivity contribution in [2.75, 3.05) is 0 Å². The Kier molecular flexibility index (Phi) is 4.55. The van der Waals surface area contributed by atoms with Gasteiger partial charge < -0.3 is 4.79 Å². The van der Waals surface area contributed by atoms with Crippen LogP contribution in [0, 0.1) is 0 Å². The number of rotatable bonds is 5. The Hall–Kier alpha value is -0.850. The molecule has 0 aromatic rings. The van der Waals surface area contributed by atoms with Crippen molar-refractivity contribution >= 4 is 5.78 Å². The van der Waals surface area contributed by atoms with Crippen LogP contribution in [0.1, 0.15) is 26.2 Å². The molecule has 0 rings (SSSR count). The second-order valence-electron chi connectivity index (χ2n) is 2.42. The lowest BCUT2D eigenvalue weighted by molar-refractivity contribution is -0.117. The highest BCUT2D eigenvalue weighted by atomic mass is 16.1. The van der Waals surface area contributed by atoms with E-state index in [1.54, 1.807) is 13.0 Å². The van der Waals surface area contributed by atoms with Crippen LogP contribution in [0.4, 0.5) is 0 Å². The maximum absolute atomic E-state index is 10.5. The van der Waals surface area contributed by atoms with E-state index in [1.807, 2.05) is 0 Å². The first kappa shape index (κ1) is 9.15. The molecule has 1 nitrogen and oxygen atoms in total. The van der Waals surface area contributed by atoms with Crippen LogP contribution in [-0.4, -0.2) is 5.78 Å². The van der Waals surface area contributed by atoms with Gasteiger partial charge in [0.05, 0.1) is 0 Å². The fraction of sp³-hybridized carbons (Fsp3) is 0.444. The molecule has 10 heavy (non-hydrogen) atoms. The van der Waals surface area contributed by atoms with Gasteiger partial charge in [-0.1, -0.05) is 24.8 Å². The Balaban J connectivity index is 3.28. The summed E-state index contributed by atoms with van der Waals surface area (Å²) < 4.78 is 0. The molecule has 0 aliphatic heterocycles. The third-order valence-electron chi connectivity index (χ3n) is 1.32.